The Morgan fingerprint density at radius 3 is 2.12 bits per heavy atom. The smallest absolute Gasteiger partial charge is 0.173 e. The zero-order valence-electron chi connectivity index (χ0n) is 17.8. The molecule has 0 N–H and O–H groups in total. The molecule has 1 saturated heterocycles. The van der Waals surface area contributed by atoms with Crippen LogP contribution in [0.5, 0.6) is 0 Å². The maximum Gasteiger partial charge on any atom is 0.173 e. The molecule has 1 atom stereocenters. The summed E-state index contributed by atoms with van der Waals surface area (Å²) in [5.41, 5.74) is 3.38. The van der Waals surface area contributed by atoms with Crippen LogP contribution in [0.4, 0.5) is 10.1 Å². The Kier molecular flexibility index (Phi) is 5.89. The summed E-state index contributed by atoms with van der Waals surface area (Å²) in [4.78, 5) is 4.86. The largest absolute Gasteiger partial charge is 0.369 e. The lowest BCUT2D eigenvalue weighted by atomic mass is 10.0. The minimum absolute atomic E-state index is 0.0513. The average Bonchev–Trinajstić information content (AvgIpc) is 3.30. The van der Waals surface area contributed by atoms with Gasteiger partial charge in [0, 0.05) is 31.9 Å². The molecule has 32 heavy (non-hydrogen) atoms. The third-order valence-corrected chi connectivity index (χ3v) is 5.97. The van der Waals surface area contributed by atoms with Crippen LogP contribution in [0.15, 0.2) is 84.9 Å². The number of hydrogen-bond donors (Lipinski definition) is 0. The van der Waals surface area contributed by atoms with Crippen molar-refractivity contribution in [3.63, 3.8) is 0 Å². The zero-order valence-corrected chi connectivity index (χ0v) is 17.8. The van der Waals surface area contributed by atoms with Crippen LogP contribution in [-0.2, 0) is 6.54 Å². The van der Waals surface area contributed by atoms with Gasteiger partial charge in [-0.05, 0) is 45.8 Å². The van der Waals surface area contributed by atoms with E-state index in [-0.39, 0.29) is 11.9 Å². The van der Waals surface area contributed by atoms with Crippen LogP contribution in [0.1, 0.15) is 23.0 Å². The van der Waals surface area contributed by atoms with E-state index in [1.807, 2.05) is 16.8 Å². The molecule has 2 heterocycles. The lowest BCUT2D eigenvalue weighted by Gasteiger charge is -2.39. The number of benzene rings is 3. The molecule has 0 bridgehead atoms. The van der Waals surface area contributed by atoms with Crippen molar-refractivity contribution in [1.29, 1.82) is 0 Å². The fraction of sp³-hybridized carbons (Fsp3) is 0.240. The predicted octanol–water partition coefficient (Wildman–Crippen LogP) is 3.77. The highest BCUT2D eigenvalue weighted by Gasteiger charge is 2.30. The number of anilines is 1. The maximum atomic E-state index is 13.3. The fourth-order valence-corrected chi connectivity index (χ4v) is 4.32. The van der Waals surface area contributed by atoms with Gasteiger partial charge in [-0.3, -0.25) is 4.90 Å². The summed E-state index contributed by atoms with van der Waals surface area (Å²) in [5.74, 6) is 0.554. The van der Waals surface area contributed by atoms with E-state index in [0.29, 0.717) is 6.54 Å². The van der Waals surface area contributed by atoms with Gasteiger partial charge in [0.2, 0.25) is 0 Å². The van der Waals surface area contributed by atoms with Crippen molar-refractivity contribution in [3.05, 3.63) is 108 Å². The molecule has 1 aliphatic rings. The Hall–Kier alpha value is -3.58. The molecule has 1 aromatic heterocycles. The van der Waals surface area contributed by atoms with Gasteiger partial charge in [0.05, 0.1) is 12.6 Å². The number of rotatable bonds is 6. The van der Waals surface area contributed by atoms with E-state index in [2.05, 4.69) is 73.9 Å². The third kappa shape index (κ3) is 4.38. The first-order chi connectivity index (χ1) is 15.8. The normalized spacial score (nSPS) is 15.6. The van der Waals surface area contributed by atoms with Crippen molar-refractivity contribution in [1.82, 2.24) is 25.1 Å². The van der Waals surface area contributed by atoms with Crippen LogP contribution < -0.4 is 4.90 Å². The molecule has 5 rings (SSSR count). The van der Waals surface area contributed by atoms with Gasteiger partial charge in [0.25, 0.3) is 0 Å². The minimum Gasteiger partial charge on any atom is -0.369 e. The number of hydrogen-bond acceptors (Lipinski definition) is 5. The predicted molar refractivity (Wildman–Crippen MR) is 122 cm³/mol. The van der Waals surface area contributed by atoms with Gasteiger partial charge < -0.3 is 4.90 Å². The number of piperazine rings is 1. The molecule has 3 aromatic carbocycles. The number of para-hydroxylation sites is 1. The summed E-state index contributed by atoms with van der Waals surface area (Å²) >= 11 is 0. The summed E-state index contributed by atoms with van der Waals surface area (Å²) in [5, 5.41) is 12.7. The Balaban J connectivity index is 1.41. The molecular formula is C25H25FN6. The topological polar surface area (TPSA) is 50.1 Å². The number of halogens is 1. The molecular weight excluding hydrogens is 403 g/mol. The van der Waals surface area contributed by atoms with E-state index in [0.717, 1.165) is 43.1 Å². The van der Waals surface area contributed by atoms with Gasteiger partial charge in [0.15, 0.2) is 5.82 Å². The minimum atomic E-state index is -0.246. The van der Waals surface area contributed by atoms with Gasteiger partial charge in [-0.25, -0.2) is 9.07 Å². The average molecular weight is 429 g/mol. The first-order valence-corrected chi connectivity index (χ1v) is 10.9. The molecule has 162 valence electrons. The van der Waals surface area contributed by atoms with Crippen molar-refractivity contribution in [2.45, 2.75) is 12.6 Å². The van der Waals surface area contributed by atoms with E-state index in [9.17, 15) is 4.39 Å². The maximum absolute atomic E-state index is 13.3. The molecule has 6 nitrogen and oxygen atoms in total. The van der Waals surface area contributed by atoms with Crippen molar-refractivity contribution in [2.24, 2.45) is 0 Å². The van der Waals surface area contributed by atoms with Crippen LogP contribution in [0.2, 0.25) is 0 Å². The van der Waals surface area contributed by atoms with Crippen LogP contribution in [0, 0.1) is 5.82 Å². The molecule has 0 spiro atoms. The highest BCUT2D eigenvalue weighted by atomic mass is 19.1. The fourth-order valence-electron chi connectivity index (χ4n) is 4.32. The van der Waals surface area contributed by atoms with Crippen LogP contribution >= 0.6 is 0 Å². The summed E-state index contributed by atoms with van der Waals surface area (Å²) in [6, 6.07) is 27.4. The van der Waals surface area contributed by atoms with Crippen molar-refractivity contribution >= 4 is 5.69 Å². The summed E-state index contributed by atoms with van der Waals surface area (Å²) in [7, 11) is 0. The van der Waals surface area contributed by atoms with Gasteiger partial charge in [0.1, 0.15) is 5.82 Å². The monoisotopic (exact) mass is 428 g/mol. The second kappa shape index (κ2) is 9.28. The van der Waals surface area contributed by atoms with E-state index in [1.54, 1.807) is 12.1 Å². The third-order valence-electron chi connectivity index (χ3n) is 5.97. The quantitative estimate of drug-likeness (QED) is 0.468. The second-order valence-electron chi connectivity index (χ2n) is 7.99. The highest BCUT2D eigenvalue weighted by molar-refractivity contribution is 5.46. The molecule has 0 saturated carbocycles. The molecule has 0 radical (unpaired) electrons. The van der Waals surface area contributed by atoms with Crippen LogP contribution in [0.25, 0.3) is 0 Å². The number of tetrazole rings is 1. The van der Waals surface area contributed by atoms with E-state index in [1.165, 1.54) is 17.8 Å². The number of nitrogens with zero attached hydrogens (tertiary/aromatic N) is 6. The molecule has 7 heteroatoms. The highest BCUT2D eigenvalue weighted by Crippen LogP contribution is 2.29. The van der Waals surface area contributed by atoms with E-state index in [4.69, 9.17) is 0 Å². The van der Waals surface area contributed by atoms with E-state index >= 15 is 0 Å². The lowest BCUT2D eigenvalue weighted by Crippen LogP contribution is -2.48. The Labute approximate surface area is 186 Å². The molecule has 1 fully saturated rings. The standard InChI is InChI=1S/C25H25FN6/c26-22-13-11-20(12-14-22)19-32-25(27-28-29-32)24(21-7-3-1-4-8-21)31-17-15-30(16-18-31)23-9-5-2-6-10-23/h1-14,24H,15-19H2. The first-order valence-electron chi connectivity index (χ1n) is 10.9. The lowest BCUT2D eigenvalue weighted by molar-refractivity contribution is 0.201. The second-order valence-corrected chi connectivity index (χ2v) is 7.99. The molecule has 1 aliphatic heterocycles. The Morgan fingerprint density at radius 2 is 1.44 bits per heavy atom. The van der Waals surface area contributed by atoms with E-state index < -0.39 is 0 Å². The molecule has 4 aromatic rings. The molecule has 0 aliphatic carbocycles. The van der Waals surface area contributed by atoms with Crippen molar-refractivity contribution in [2.75, 3.05) is 31.1 Å². The first kappa shape index (κ1) is 20.3. The van der Waals surface area contributed by atoms with Gasteiger partial charge >= 0.3 is 0 Å². The Morgan fingerprint density at radius 1 is 0.781 bits per heavy atom. The molecule has 1 unspecified atom stereocenters. The Bertz CT molecular complexity index is 1120. The van der Waals surface area contributed by atoms with Crippen LogP contribution in [-0.4, -0.2) is 51.3 Å². The zero-order chi connectivity index (χ0) is 21.8. The SMILES string of the molecule is Fc1ccc(Cn2nnnc2C(c2ccccc2)N2CCN(c3ccccc3)CC2)cc1. The summed E-state index contributed by atoms with van der Waals surface area (Å²) < 4.78 is 15.2. The molecule has 0 amide bonds. The van der Waals surface area contributed by atoms with Gasteiger partial charge in [-0.15, -0.1) is 5.10 Å². The summed E-state index contributed by atoms with van der Waals surface area (Å²) in [6.07, 6.45) is 0. The van der Waals surface area contributed by atoms with Gasteiger partial charge in [-0.1, -0.05) is 60.7 Å². The van der Waals surface area contributed by atoms with Crippen molar-refractivity contribution < 1.29 is 4.39 Å². The van der Waals surface area contributed by atoms with Gasteiger partial charge in [-0.2, -0.15) is 0 Å². The number of aromatic nitrogens is 4. The van der Waals surface area contributed by atoms with Crippen molar-refractivity contribution in [3.8, 4) is 0 Å². The van der Waals surface area contributed by atoms with Crippen LogP contribution in [0.3, 0.4) is 0 Å². The summed E-state index contributed by atoms with van der Waals surface area (Å²) in [6.45, 7) is 4.17.